The Morgan fingerprint density at radius 3 is 2.62 bits per heavy atom. The van der Waals surface area contributed by atoms with E-state index in [2.05, 4.69) is 6.07 Å². The summed E-state index contributed by atoms with van der Waals surface area (Å²) in [6.45, 7) is 0.436. The van der Waals surface area contributed by atoms with Crippen LogP contribution >= 0.6 is 0 Å². The van der Waals surface area contributed by atoms with E-state index in [1.54, 1.807) is 35.2 Å². The molecule has 1 aliphatic carbocycles. The SMILES string of the molecule is N#CCCN(C(=O)c1ccc(F)c2ccccc12)C1CC1. The van der Waals surface area contributed by atoms with Crippen LogP contribution < -0.4 is 0 Å². The zero-order valence-electron chi connectivity index (χ0n) is 11.6. The third-order valence-corrected chi connectivity index (χ3v) is 3.81. The number of rotatable bonds is 4. The maximum atomic E-state index is 13.8. The van der Waals surface area contributed by atoms with Crippen LogP contribution in [0.1, 0.15) is 29.6 Å². The Morgan fingerprint density at radius 2 is 1.95 bits per heavy atom. The number of fused-ring (bicyclic) bond motifs is 1. The Kier molecular flexibility index (Phi) is 3.57. The molecule has 1 saturated carbocycles. The van der Waals surface area contributed by atoms with E-state index in [-0.39, 0.29) is 17.8 Å². The van der Waals surface area contributed by atoms with Crippen LogP contribution in [-0.4, -0.2) is 23.4 Å². The minimum absolute atomic E-state index is 0.107. The molecular formula is C17H15FN2O. The fourth-order valence-corrected chi connectivity index (χ4v) is 2.61. The summed E-state index contributed by atoms with van der Waals surface area (Å²) >= 11 is 0. The van der Waals surface area contributed by atoms with Gasteiger partial charge in [-0.25, -0.2) is 4.39 Å². The van der Waals surface area contributed by atoms with Crippen LogP contribution in [0, 0.1) is 17.1 Å². The molecule has 0 heterocycles. The first-order valence-electron chi connectivity index (χ1n) is 7.07. The molecule has 3 rings (SSSR count). The van der Waals surface area contributed by atoms with Crippen LogP contribution in [0.25, 0.3) is 10.8 Å². The molecule has 2 aromatic carbocycles. The lowest BCUT2D eigenvalue weighted by Gasteiger charge is -2.22. The average molecular weight is 282 g/mol. The molecular weight excluding hydrogens is 267 g/mol. The lowest BCUT2D eigenvalue weighted by atomic mass is 10.0. The van der Waals surface area contributed by atoms with Crippen LogP contribution in [-0.2, 0) is 0 Å². The van der Waals surface area contributed by atoms with E-state index >= 15 is 0 Å². The van der Waals surface area contributed by atoms with Crippen LogP contribution in [0.4, 0.5) is 4.39 Å². The van der Waals surface area contributed by atoms with Gasteiger partial charge in [-0.05, 0) is 30.4 Å². The van der Waals surface area contributed by atoms with Gasteiger partial charge in [-0.3, -0.25) is 4.79 Å². The highest BCUT2D eigenvalue weighted by Crippen LogP contribution is 2.30. The van der Waals surface area contributed by atoms with Crippen LogP contribution in [0.5, 0.6) is 0 Å². The number of amides is 1. The molecule has 21 heavy (non-hydrogen) atoms. The standard InChI is InChI=1S/C17H15FN2O/c18-16-9-8-15(13-4-1-2-5-14(13)16)17(21)20(11-3-10-19)12-6-7-12/h1-2,4-5,8-9,12H,3,6-7,11H2. The van der Waals surface area contributed by atoms with Crippen LogP contribution in [0.15, 0.2) is 36.4 Å². The molecule has 0 unspecified atom stereocenters. The third kappa shape index (κ3) is 2.59. The van der Waals surface area contributed by atoms with Gasteiger partial charge < -0.3 is 4.90 Å². The summed E-state index contributed by atoms with van der Waals surface area (Å²) in [5.74, 6) is -0.430. The first-order valence-corrected chi connectivity index (χ1v) is 7.07. The molecule has 0 aromatic heterocycles. The molecule has 0 spiro atoms. The summed E-state index contributed by atoms with van der Waals surface area (Å²) in [5, 5.41) is 9.83. The summed E-state index contributed by atoms with van der Waals surface area (Å²) in [6.07, 6.45) is 2.29. The Morgan fingerprint density at radius 1 is 1.24 bits per heavy atom. The highest BCUT2D eigenvalue weighted by atomic mass is 19.1. The second kappa shape index (κ2) is 5.53. The number of benzene rings is 2. The summed E-state index contributed by atoms with van der Waals surface area (Å²) in [6, 6.07) is 12.2. The maximum Gasteiger partial charge on any atom is 0.254 e. The molecule has 0 N–H and O–H groups in total. The van der Waals surface area contributed by atoms with Crippen LogP contribution in [0.3, 0.4) is 0 Å². The van der Waals surface area contributed by atoms with Gasteiger partial charge in [0.2, 0.25) is 0 Å². The minimum Gasteiger partial charge on any atom is -0.335 e. The number of hydrogen-bond donors (Lipinski definition) is 0. The van der Waals surface area contributed by atoms with Gasteiger partial charge in [0, 0.05) is 23.5 Å². The minimum atomic E-state index is -0.322. The van der Waals surface area contributed by atoms with Crippen LogP contribution in [0.2, 0.25) is 0 Å². The molecule has 2 aromatic rings. The number of carbonyl (C=O) groups excluding carboxylic acids is 1. The van der Waals surface area contributed by atoms with E-state index in [0.717, 1.165) is 12.8 Å². The zero-order chi connectivity index (χ0) is 14.8. The summed E-state index contributed by atoms with van der Waals surface area (Å²) in [4.78, 5) is 14.5. The lowest BCUT2D eigenvalue weighted by Crippen LogP contribution is -2.34. The Bertz CT molecular complexity index is 731. The van der Waals surface area contributed by atoms with Crippen molar-refractivity contribution in [2.24, 2.45) is 0 Å². The molecule has 1 aliphatic rings. The Balaban J connectivity index is 2.01. The molecule has 0 saturated heterocycles. The lowest BCUT2D eigenvalue weighted by molar-refractivity contribution is 0.0749. The second-order valence-electron chi connectivity index (χ2n) is 5.28. The molecule has 0 bridgehead atoms. The zero-order valence-corrected chi connectivity index (χ0v) is 11.6. The van der Waals surface area contributed by atoms with Crippen molar-refractivity contribution in [1.29, 1.82) is 5.26 Å². The van der Waals surface area contributed by atoms with Gasteiger partial charge in [0.1, 0.15) is 5.82 Å². The normalized spacial score (nSPS) is 13.9. The fraction of sp³-hybridized carbons (Fsp3) is 0.294. The Hall–Kier alpha value is -2.41. The molecule has 1 amide bonds. The van der Waals surface area contributed by atoms with E-state index in [1.165, 1.54) is 6.07 Å². The largest absolute Gasteiger partial charge is 0.335 e. The van der Waals surface area contributed by atoms with Gasteiger partial charge in [-0.1, -0.05) is 24.3 Å². The number of hydrogen-bond acceptors (Lipinski definition) is 2. The van der Waals surface area contributed by atoms with Crippen molar-refractivity contribution < 1.29 is 9.18 Å². The van der Waals surface area contributed by atoms with E-state index in [0.29, 0.717) is 29.3 Å². The quantitative estimate of drug-likeness (QED) is 0.861. The highest BCUT2D eigenvalue weighted by molar-refractivity contribution is 6.07. The van der Waals surface area contributed by atoms with E-state index in [1.807, 2.05) is 0 Å². The number of nitriles is 1. The average Bonchev–Trinajstić information content (AvgIpc) is 3.33. The molecule has 0 aliphatic heterocycles. The first kappa shape index (κ1) is 13.6. The highest BCUT2D eigenvalue weighted by Gasteiger charge is 2.33. The Labute approximate surface area is 122 Å². The predicted molar refractivity (Wildman–Crippen MR) is 78.2 cm³/mol. The summed E-state index contributed by atoms with van der Waals surface area (Å²) < 4.78 is 13.8. The maximum absolute atomic E-state index is 13.8. The second-order valence-corrected chi connectivity index (χ2v) is 5.28. The van der Waals surface area contributed by atoms with Crippen molar-refractivity contribution in [3.8, 4) is 6.07 Å². The number of carbonyl (C=O) groups is 1. The number of halogens is 1. The first-order chi connectivity index (χ1) is 10.2. The van der Waals surface area contributed by atoms with Crippen molar-refractivity contribution in [2.75, 3.05) is 6.54 Å². The molecule has 4 heteroatoms. The smallest absolute Gasteiger partial charge is 0.254 e. The van der Waals surface area contributed by atoms with Crippen molar-refractivity contribution in [3.05, 3.63) is 47.8 Å². The third-order valence-electron chi connectivity index (χ3n) is 3.81. The van der Waals surface area contributed by atoms with E-state index in [9.17, 15) is 9.18 Å². The topological polar surface area (TPSA) is 44.1 Å². The van der Waals surface area contributed by atoms with Gasteiger partial charge >= 0.3 is 0 Å². The summed E-state index contributed by atoms with van der Waals surface area (Å²) in [5.41, 5.74) is 0.511. The molecule has 0 atom stereocenters. The summed E-state index contributed by atoms with van der Waals surface area (Å²) in [7, 11) is 0. The van der Waals surface area contributed by atoms with Gasteiger partial charge in [-0.15, -0.1) is 0 Å². The van der Waals surface area contributed by atoms with Crippen molar-refractivity contribution in [3.63, 3.8) is 0 Å². The van der Waals surface area contributed by atoms with Gasteiger partial charge in [0.15, 0.2) is 0 Å². The predicted octanol–water partition coefficient (Wildman–Crippen LogP) is 3.50. The van der Waals surface area contributed by atoms with Gasteiger partial charge in [0.25, 0.3) is 5.91 Å². The van der Waals surface area contributed by atoms with Gasteiger partial charge in [-0.2, -0.15) is 5.26 Å². The van der Waals surface area contributed by atoms with Crippen molar-refractivity contribution in [2.45, 2.75) is 25.3 Å². The molecule has 3 nitrogen and oxygen atoms in total. The van der Waals surface area contributed by atoms with Gasteiger partial charge in [0.05, 0.1) is 12.5 Å². The van der Waals surface area contributed by atoms with E-state index in [4.69, 9.17) is 5.26 Å². The van der Waals surface area contributed by atoms with Crippen molar-refractivity contribution in [1.82, 2.24) is 4.90 Å². The fourth-order valence-electron chi connectivity index (χ4n) is 2.61. The van der Waals surface area contributed by atoms with E-state index < -0.39 is 0 Å². The molecule has 0 radical (unpaired) electrons. The van der Waals surface area contributed by atoms with Crippen molar-refractivity contribution >= 4 is 16.7 Å². The number of nitrogens with zero attached hydrogens (tertiary/aromatic N) is 2. The molecule has 106 valence electrons. The monoisotopic (exact) mass is 282 g/mol. The molecule has 1 fully saturated rings.